The molecule has 0 atom stereocenters. The van der Waals surface area contributed by atoms with Gasteiger partial charge in [-0.05, 0) is 24.1 Å². The molecule has 1 N–H and O–H groups in total. The van der Waals surface area contributed by atoms with Crippen LogP contribution in [0.4, 0.5) is 0 Å². The van der Waals surface area contributed by atoms with Crippen molar-refractivity contribution in [2.45, 2.75) is 13.5 Å². The second-order valence-electron chi connectivity index (χ2n) is 4.08. The highest BCUT2D eigenvalue weighted by Gasteiger charge is 2.17. The first-order valence-electron chi connectivity index (χ1n) is 5.40. The Bertz CT molecular complexity index is 406. The second-order valence-corrected chi connectivity index (χ2v) is 4.93. The Morgan fingerprint density at radius 1 is 1.50 bits per heavy atom. The lowest BCUT2D eigenvalue weighted by atomic mass is 10.1. The third kappa shape index (κ3) is 2.62. The molecule has 0 aliphatic carbocycles. The Labute approximate surface area is 104 Å². The Hall–Kier alpha value is -0.870. The molecule has 0 spiro atoms. The van der Waals surface area contributed by atoms with Crippen LogP contribution in [-0.4, -0.2) is 30.4 Å². The number of nitrogens with zero attached hydrogens (tertiary/aromatic N) is 1. The molecule has 1 aliphatic rings. The lowest BCUT2D eigenvalue weighted by Crippen LogP contribution is -2.47. The lowest BCUT2D eigenvalue weighted by Gasteiger charge is -2.27. The van der Waals surface area contributed by atoms with Crippen LogP contribution >= 0.6 is 15.9 Å². The molecule has 1 aliphatic heterocycles. The molecular weight excluding hydrogens is 268 g/mol. The van der Waals surface area contributed by atoms with Gasteiger partial charge in [0.15, 0.2) is 0 Å². The number of halogens is 1. The van der Waals surface area contributed by atoms with Crippen LogP contribution in [0.25, 0.3) is 0 Å². The van der Waals surface area contributed by atoms with Crippen LogP contribution in [0.3, 0.4) is 0 Å². The molecule has 4 heteroatoms. The number of amides is 1. The van der Waals surface area contributed by atoms with Crippen molar-refractivity contribution in [3.8, 4) is 0 Å². The molecule has 1 amide bonds. The van der Waals surface area contributed by atoms with E-state index < -0.39 is 0 Å². The molecule has 2 rings (SSSR count). The van der Waals surface area contributed by atoms with E-state index >= 15 is 0 Å². The summed E-state index contributed by atoms with van der Waals surface area (Å²) in [5, 5.41) is 3.07. The van der Waals surface area contributed by atoms with Crippen molar-refractivity contribution in [3.05, 3.63) is 33.8 Å². The molecule has 0 aromatic heterocycles. The number of hydrogen-bond donors (Lipinski definition) is 1. The molecule has 3 nitrogen and oxygen atoms in total. The van der Waals surface area contributed by atoms with E-state index in [1.807, 2.05) is 11.0 Å². The summed E-state index contributed by atoms with van der Waals surface area (Å²) in [5.74, 6) is 0.187. The topological polar surface area (TPSA) is 32.3 Å². The minimum atomic E-state index is 0.187. The summed E-state index contributed by atoms with van der Waals surface area (Å²) in [6.07, 6.45) is 0. The number of nitrogens with one attached hydrogen (secondary N) is 1. The largest absolute Gasteiger partial charge is 0.336 e. The van der Waals surface area contributed by atoms with Crippen molar-refractivity contribution in [2.24, 2.45) is 0 Å². The summed E-state index contributed by atoms with van der Waals surface area (Å²) < 4.78 is 1.11. The van der Waals surface area contributed by atoms with E-state index in [9.17, 15) is 4.79 Å². The predicted octanol–water partition coefficient (Wildman–Crippen LogP) is 1.69. The van der Waals surface area contributed by atoms with Gasteiger partial charge in [-0.2, -0.15) is 0 Å². The van der Waals surface area contributed by atoms with Gasteiger partial charge in [-0.1, -0.05) is 28.1 Å². The molecular formula is C12H15BrN2O. The van der Waals surface area contributed by atoms with Crippen LogP contribution in [0.2, 0.25) is 0 Å². The molecule has 86 valence electrons. The van der Waals surface area contributed by atoms with Gasteiger partial charge in [0.25, 0.3) is 0 Å². The van der Waals surface area contributed by atoms with Gasteiger partial charge >= 0.3 is 0 Å². The Morgan fingerprint density at radius 2 is 2.31 bits per heavy atom. The van der Waals surface area contributed by atoms with Gasteiger partial charge in [-0.3, -0.25) is 4.79 Å². The summed E-state index contributed by atoms with van der Waals surface area (Å²) >= 11 is 3.48. The van der Waals surface area contributed by atoms with Crippen molar-refractivity contribution in [1.29, 1.82) is 0 Å². The third-order valence-corrected chi connectivity index (χ3v) is 3.67. The molecule has 16 heavy (non-hydrogen) atoms. The predicted molar refractivity (Wildman–Crippen MR) is 67.2 cm³/mol. The number of benzene rings is 1. The maximum Gasteiger partial charge on any atom is 0.236 e. The van der Waals surface area contributed by atoms with Crippen molar-refractivity contribution in [3.63, 3.8) is 0 Å². The van der Waals surface area contributed by atoms with Crippen LogP contribution in [-0.2, 0) is 11.3 Å². The van der Waals surface area contributed by atoms with E-state index in [1.165, 1.54) is 11.1 Å². The molecule has 0 unspecified atom stereocenters. The van der Waals surface area contributed by atoms with Crippen molar-refractivity contribution < 1.29 is 4.79 Å². The highest BCUT2D eigenvalue weighted by Crippen LogP contribution is 2.18. The second kappa shape index (κ2) is 4.97. The van der Waals surface area contributed by atoms with Gasteiger partial charge in [-0.15, -0.1) is 0 Å². The van der Waals surface area contributed by atoms with Crippen LogP contribution in [0.1, 0.15) is 11.1 Å². The van der Waals surface area contributed by atoms with Crippen LogP contribution in [0.5, 0.6) is 0 Å². The molecule has 0 saturated carbocycles. The van der Waals surface area contributed by atoms with Crippen LogP contribution in [0, 0.1) is 6.92 Å². The van der Waals surface area contributed by atoms with Gasteiger partial charge in [0.1, 0.15) is 0 Å². The van der Waals surface area contributed by atoms with E-state index in [0.717, 1.165) is 17.6 Å². The number of carbonyl (C=O) groups is 1. The van der Waals surface area contributed by atoms with Crippen LogP contribution in [0.15, 0.2) is 22.7 Å². The van der Waals surface area contributed by atoms with Gasteiger partial charge in [-0.25, -0.2) is 0 Å². The van der Waals surface area contributed by atoms with E-state index in [2.05, 4.69) is 40.3 Å². The first-order valence-corrected chi connectivity index (χ1v) is 6.19. The number of carbonyl (C=O) groups excluding carboxylic acids is 1. The fraction of sp³-hybridized carbons (Fsp3) is 0.417. The zero-order valence-electron chi connectivity index (χ0n) is 9.29. The van der Waals surface area contributed by atoms with E-state index in [-0.39, 0.29) is 5.91 Å². The first-order chi connectivity index (χ1) is 7.66. The number of piperazine rings is 1. The van der Waals surface area contributed by atoms with Gasteiger partial charge in [0.05, 0.1) is 6.54 Å². The van der Waals surface area contributed by atoms with Crippen molar-refractivity contribution >= 4 is 21.8 Å². The highest BCUT2D eigenvalue weighted by molar-refractivity contribution is 9.10. The van der Waals surface area contributed by atoms with E-state index in [1.54, 1.807) is 0 Å². The molecule has 1 heterocycles. The molecule has 0 bridgehead atoms. The molecule has 1 fully saturated rings. The van der Waals surface area contributed by atoms with Crippen LogP contribution < -0.4 is 5.32 Å². The van der Waals surface area contributed by atoms with Crippen molar-refractivity contribution in [2.75, 3.05) is 19.6 Å². The van der Waals surface area contributed by atoms with Crippen molar-refractivity contribution in [1.82, 2.24) is 10.2 Å². The Morgan fingerprint density at radius 3 is 3.00 bits per heavy atom. The molecule has 0 radical (unpaired) electrons. The first kappa shape index (κ1) is 11.6. The zero-order valence-corrected chi connectivity index (χ0v) is 10.9. The smallest absolute Gasteiger partial charge is 0.236 e. The van der Waals surface area contributed by atoms with Gasteiger partial charge in [0, 0.05) is 24.1 Å². The normalized spacial score (nSPS) is 16.6. The number of aryl methyl sites for hydroxylation is 1. The molecule has 1 aromatic carbocycles. The summed E-state index contributed by atoms with van der Waals surface area (Å²) in [6.45, 7) is 4.94. The standard InChI is InChI=1S/C12H15BrN2O/c1-9-6-10(2-3-11(9)13)8-15-5-4-14-7-12(15)16/h2-3,6,14H,4-5,7-8H2,1H3. The Balaban J connectivity index is 2.08. The highest BCUT2D eigenvalue weighted by atomic mass is 79.9. The average molecular weight is 283 g/mol. The maximum atomic E-state index is 11.6. The molecule has 1 saturated heterocycles. The SMILES string of the molecule is Cc1cc(CN2CCNCC2=O)ccc1Br. The zero-order chi connectivity index (χ0) is 11.5. The fourth-order valence-corrected chi connectivity index (χ4v) is 2.09. The Kier molecular flexibility index (Phi) is 3.61. The number of hydrogen-bond acceptors (Lipinski definition) is 2. The van der Waals surface area contributed by atoms with Gasteiger partial charge < -0.3 is 10.2 Å². The minimum Gasteiger partial charge on any atom is -0.336 e. The van der Waals surface area contributed by atoms with E-state index in [0.29, 0.717) is 13.1 Å². The summed E-state index contributed by atoms with van der Waals surface area (Å²) in [4.78, 5) is 13.5. The monoisotopic (exact) mass is 282 g/mol. The summed E-state index contributed by atoms with van der Waals surface area (Å²) in [6, 6.07) is 6.23. The van der Waals surface area contributed by atoms with E-state index in [4.69, 9.17) is 0 Å². The quantitative estimate of drug-likeness (QED) is 0.896. The number of rotatable bonds is 2. The minimum absolute atomic E-state index is 0.187. The van der Waals surface area contributed by atoms with Gasteiger partial charge in [0.2, 0.25) is 5.91 Å². The maximum absolute atomic E-state index is 11.6. The lowest BCUT2D eigenvalue weighted by molar-refractivity contribution is -0.132. The fourth-order valence-electron chi connectivity index (χ4n) is 1.84. The summed E-state index contributed by atoms with van der Waals surface area (Å²) in [7, 11) is 0. The summed E-state index contributed by atoms with van der Waals surface area (Å²) in [5.41, 5.74) is 2.40. The molecule has 1 aromatic rings. The third-order valence-electron chi connectivity index (χ3n) is 2.78. The average Bonchev–Trinajstić information content (AvgIpc) is 2.27.